The van der Waals surface area contributed by atoms with E-state index >= 15 is 0 Å². The Kier molecular flexibility index (Phi) is 675. The zero-order valence-electron chi connectivity index (χ0n) is 1.69. The summed E-state index contributed by atoms with van der Waals surface area (Å²) in [6.07, 6.45) is 0. The molecule has 4 heavy (non-hydrogen) atoms. The summed E-state index contributed by atoms with van der Waals surface area (Å²) in [6.45, 7) is 0. The molecule has 0 heterocycles. The molecule has 25 valence electrons. The van der Waals surface area contributed by atoms with E-state index in [2.05, 4.69) is 0 Å². The Labute approximate surface area is 43.7 Å². The van der Waals surface area contributed by atoms with E-state index in [0.717, 1.165) is 0 Å². The van der Waals surface area contributed by atoms with E-state index in [4.69, 9.17) is 0 Å². The molecule has 0 aliphatic carbocycles. The van der Waals surface area contributed by atoms with Crippen molar-refractivity contribution in [3.63, 3.8) is 0 Å². The summed E-state index contributed by atoms with van der Waals surface area (Å²) >= 11 is 0. The van der Waals surface area contributed by atoms with E-state index in [-0.39, 0.29) is 43.1 Å². The molecular formula is CH7BCrP. The molecule has 0 saturated heterocycles. The summed E-state index contributed by atoms with van der Waals surface area (Å²) in [5.74, 6) is 0. The molecule has 0 amide bonds. The molecule has 0 aromatic heterocycles. The standard InChI is InChI=1S/CH4.B.Cr.H3P/h1H4;;;1H3. The molecule has 3 radical (unpaired) electrons. The smallest absolute Gasteiger partial charge is 0 e. The van der Waals surface area contributed by atoms with Crippen LogP contribution in [-0.2, 0) is 17.4 Å². The van der Waals surface area contributed by atoms with Gasteiger partial charge in [0.15, 0.2) is 0 Å². The van der Waals surface area contributed by atoms with Crippen LogP contribution < -0.4 is 0 Å². The van der Waals surface area contributed by atoms with Crippen molar-refractivity contribution in [2.75, 3.05) is 0 Å². The second kappa shape index (κ2) is 35.0. The van der Waals surface area contributed by atoms with Crippen LogP contribution in [0.3, 0.4) is 0 Å². The van der Waals surface area contributed by atoms with E-state index in [0.29, 0.717) is 0 Å². The van der Waals surface area contributed by atoms with Gasteiger partial charge in [-0.2, -0.15) is 9.90 Å². The molecule has 0 bridgehead atoms. The van der Waals surface area contributed by atoms with Crippen molar-refractivity contribution >= 4 is 18.3 Å². The first-order valence-corrected chi connectivity index (χ1v) is 0. The molecular weight excluding hydrogens is 106 g/mol. The molecule has 3 heteroatoms. The number of rotatable bonds is 0. The summed E-state index contributed by atoms with van der Waals surface area (Å²) in [4.78, 5) is 0. The van der Waals surface area contributed by atoms with Crippen molar-refractivity contribution in [2.45, 2.75) is 7.43 Å². The zero-order valence-corrected chi connectivity index (χ0v) is 4.38. The Hall–Kier alpha value is 1.03. The van der Waals surface area contributed by atoms with Crippen LogP contribution in [0, 0.1) is 0 Å². The minimum Gasteiger partial charge on any atom is -0.153 e. The monoisotopic (exact) mass is 113 g/mol. The first-order chi connectivity index (χ1) is 0. The largest absolute Gasteiger partial charge is 0.153 e. The fourth-order valence-corrected chi connectivity index (χ4v) is 0. The molecule has 1 unspecified atom stereocenters. The second-order valence-corrected chi connectivity index (χ2v) is 0. The van der Waals surface area contributed by atoms with Gasteiger partial charge in [-0.05, 0) is 0 Å². The number of hydrogen-bond acceptors (Lipinski definition) is 0. The predicted octanol–water partition coefficient (Wildman–Crippen LogP) is 0.311. The fourth-order valence-electron chi connectivity index (χ4n) is 0. The summed E-state index contributed by atoms with van der Waals surface area (Å²) in [6, 6.07) is 0. The second-order valence-electron chi connectivity index (χ2n) is 0. The van der Waals surface area contributed by atoms with Crippen molar-refractivity contribution < 1.29 is 17.4 Å². The maximum absolute atomic E-state index is 0. The third-order valence-electron chi connectivity index (χ3n) is 0. The minimum atomic E-state index is 0. The van der Waals surface area contributed by atoms with Gasteiger partial charge >= 0.3 is 0 Å². The third-order valence-corrected chi connectivity index (χ3v) is 0. The summed E-state index contributed by atoms with van der Waals surface area (Å²) in [7, 11) is 0. The molecule has 0 spiro atoms. The Morgan fingerprint density at radius 2 is 1.00 bits per heavy atom. The van der Waals surface area contributed by atoms with Crippen LogP contribution in [0.1, 0.15) is 7.43 Å². The van der Waals surface area contributed by atoms with Gasteiger partial charge in [-0.1, -0.05) is 7.43 Å². The molecule has 1 atom stereocenters. The van der Waals surface area contributed by atoms with E-state index in [1.54, 1.807) is 0 Å². The summed E-state index contributed by atoms with van der Waals surface area (Å²) in [5.41, 5.74) is 0. The van der Waals surface area contributed by atoms with E-state index < -0.39 is 0 Å². The average Bonchev–Trinajstić information content (AvgIpc) is 0. The Balaban J connectivity index is 0. The third kappa shape index (κ3) is 11.8. The van der Waals surface area contributed by atoms with Crippen molar-refractivity contribution in [3.8, 4) is 0 Å². The average molecular weight is 113 g/mol. The summed E-state index contributed by atoms with van der Waals surface area (Å²) < 4.78 is 0. The van der Waals surface area contributed by atoms with Crippen LogP contribution >= 0.6 is 9.90 Å². The summed E-state index contributed by atoms with van der Waals surface area (Å²) in [5, 5.41) is 0. The fraction of sp³-hybridized carbons (Fsp3) is 1.00. The molecule has 0 aromatic rings. The normalized spacial score (nSPS) is 0. The Bertz CT molecular complexity index is 8.00. The number of hydrogen-bond donors (Lipinski definition) is 0. The SMILES string of the molecule is C.P.[B].[Cr]. The topological polar surface area (TPSA) is 0 Å². The minimum absolute atomic E-state index is 0. The molecule has 0 nitrogen and oxygen atoms in total. The van der Waals surface area contributed by atoms with E-state index in [9.17, 15) is 0 Å². The Morgan fingerprint density at radius 3 is 1.00 bits per heavy atom. The first-order valence-electron chi connectivity index (χ1n) is 0. The van der Waals surface area contributed by atoms with Gasteiger partial charge in [0.25, 0.3) is 0 Å². The van der Waals surface area contributed by atoms with Gasteiger partial charge in [0.2, 0.25) is 0 Å². The van der Waals surface area contributed by atoms with Gasteiger partial charge in [-0.3, -0.25) is 0 Å². The maximum atomic E-state index is 0. The van der Waals surface area contributed by atoms with Crippen molar-refractivity contribution in [2.24, 2.45) is 0 Å². The first kappa shape index (κ1) is 77.3. The van der Waals surface area contributed by atoms with E-state index in [1.807, 2.05) is 0 Å². The molecule has 0 N–H and O–H groups in total. The van der Waals surface area contributed by atoms with Crippen LogP contribution in [0.25, 0.3) is 0 Å². The molecule has 0 aliphatic heterocycles. The van der Waals surface area contributed by atoms with Crippen molar-refractivity contribution in [3.05, 3.63) is 0 Å². The van der Waals surface area contributed by atoms with Gasteiger partial charge < -0.3 is 0 Å². The molecule has 0 rings (SSSR count). The van der Waals surface area contributed by atoms with Crippen molar-refractivity contribution in [1.29, 1.82) is 0 Å². The quantitative estimate of drug-likeness (QED) is 0.313. The predicted molar refractivity (Wildman–Crippen MR) is 23.6 cm³/mol. The van der Waals surface area contributed by atoms with Crippen LogP contribution in [-0.4, -0.2) is 8.41 Å². The van der Waals surface area contributed by atoms with Gasteiger partial charge in [-0.15, -0.1) is 0 Å². The molecule has 0 saturated carbocycles. The van der Waals surface area contributed by atoms with E-state index in [1.165, 1.54) is 0 Å². The van der Waals surface area contributed by atoms with Crippen LogP contribution in [0.4, 0.5) is 0 Å². The maximum Gasteiger partial charge on any atom is 0 e. The van der Waals surface area contributed by atoms with Gasteiger partial charge in [0, 0.05) is 25.8 Å². The van der Waals surface area contributed by atoms with Crippen LogP contribution in [0.2, 0.25) is 0 Å². The zero-order chi connectivity index (χ0) is 0. The van der Waals surface area contributed by atoms with Crippen LogP contribution in [0.5, 0.6) is 0 Å². The van der Waals surface area contributed by atoms with Crippen LogP contribution in [0.15, 0.2) is 0 Å². The van der Waals surface area contributed by atoms with Gasteiger partial charge in [0.05, 0.1) is 0 Å². The molecule has 0 fully saturated rings. The van der Waals surface area contributed by atoms with Gasteiger partial charge in [-0.25, -0.2) is 0 Å². The van der Waals surface area contributed by atoms with Crippen molar-refractivity contribution in [1.82, 2.24) is 0 Å². The molecule has 0 aliphatic rings. The molecule has 0 aromatic carbocycles. The Morgan fingerprint density at radius 1 is 1.00 bits per heavy atom. The van der Waals surface area contributed by atoms with Gasteiger partial charge in [0.1, 0.15) is 0 Å².